The van der Waals surface area contributed by atoms with Gasteiger partial charge in [-0.15, -0.1) is 0 Å². The number of carboxylic acids is 1. The highest BCUT2D eigenvalue weighted by molar-refractivity contribution is 5.75. The van der Waals surface area contributed by atoms with E-state index in [2.05, 4.69) is 0 Å². The van der Waals surface area contributed by atoms with E-state index < -0.39 is 18.1 Å². The standard InChI is InChI=1S/C11H13FO2/c1-7(11(13)14)9-3-5-10(6-4-9)8(2)12/h3-8H,1-2H3,(H,13,14). The molecule has 0 aliphatic rings. The number of benzene rings is 1. The molecule has 0 bridgehead atoms. The van der Waals surface area contributed by atoms with Gasteiger partial charge < -0.3 is 5.11 Å². The molecule has 76 valence electrons. The van der Waals surface area contributed by atoms with Gasteiger partial charge in [0.15, 0.2) is 0 Å². The predicted molar refractivity (Wildman–Crippen MR) is 52.0 cm³/mol. The Balaban J connectivity index is 2.88. The van der Waals surface area contributed by atoms with Crippen molar-refractivity contribution in [1.29, 1.82) is 0 Å². The molecular formula is C11H13FO2. The highest BCUT2D eigenvalue weighted by Gasteiger charge is 2.13. The van der Waals surface area contributed by atoms with Gasteiger partial charge in [0.1, 0.15) is 6.17 Å². The Morgan fingerprint density at radius 1 is 1.21 bits per heavy atom. The second-order valence-electron chi connectivity index (χ2n) is 3.34. The summed E-state index contributed by atoms with van der Waals surface area (Å²) in [7, 11) is 0. The first-order chi connectivity index (χ1) is 6.52. The van der Waals surface area contributed by atoms with Crippen molar-refractivity contribution in [3.05, 3.63) is 35.4 Å². The van der Waals surface area contributed by atoms with Crippen molar-refractivity contribution in [3.8, 4) is 0 Å². The lowest BCUT2D eigenvalue weighted by atomic mass is 9.99. The Labute approximate surface area is 82.4 Å². The van der Waals surface area contributed by atoms with Crippen LogP contribution in [0.2, 0.25) is 0 Å². The summed E-state index contributed by atoms with van der Waals surface area (Å²) in [6.45, 7) is 3.06. The van der Waals surface area contributed by atoms with E-state index in [0.717, 1.165) is 0 Å². The first-order valence-corrected chi connectivity index (χ1v) is 4.49. The number of aliphatic carboxylic acids is 1. The van der Waals surface area contributed by atoms with Crippen LogP contribution in [0.3, 0.4) is 0 Å². The lowest BCUT2D eigenvalue weighted by Crippen LogP contribution is -2.07. The van der Waals surface area contributed by atoms with Crippen LogP contribution in [-0.2, 0) is 4.79 Å². The molecule has 2 atom stereocenters. The monoisotopic (exact) mass is 196 g/mol. The summed E-state index contributed by atoms with van der Waals surface area (Å²) in [5.74, 6) is -1.41. The molecule has 0 saturated heterocycles. The zero-order chi connectivity index (χ0) is 10.7. The average Bonchev–Trinajstić information content (AvgIpc) is 2.16. The van der Waals surface area contributed by atoms with Crippen LogP contribution in [0.25, 0.3) is 0 Å². The van der Waals surface area contributed by atoms with E-state index in [1.54, 1.807) is 31.2 Å². The number of hydrogen-bond donors (Lipinski definition) is 1. The fraction of sp³-hybridized carbons (Fsp3) is 0.364. The molecule has 0 spiro atoms. The minimum absolute atomic E-state index is 0.543. The first-order valence-electron chi connectivity index (χ1n) is 4.49. The largest absolute Gasteiger partial charge is 0.481 e. The van der Waals surface area contributed by atoms with Gasteiger partial charge in [-0.1, -0.05) is 24.3 Å². The van der Waals surface area contributed by atoms with Crippen molar-refractivity contribution in [2.24, 2.45) is 0 Å². The Morgan fingerprint density at radius 2 is 1.64 bits per heavy atom. The van der Waals surface area contributed by atoms with E-state index in [1.165, 1.54) is 6.92 Å². The van der Waals surface area contributed by atoms with Crippen LogP contribution >= 0.6 is 0 Å². The lowest BCUT2D eigenvalue weighted by molar-refractivity contribution is -0.138. The van der Waals surface area contributed by atoms with Crippen LogP contribution in [0.4, 0.5) is 4.39 Å². The SMILES string of the molecule is CC(F)c1ccc(C(C)C(=O)O)cc1. The molecule has 0 aliphatic heterocycles. The molecule has 0 aromatic heterocycles. The Hall–Kier alpha value is -1.38. The number of carboxylic acid groups (broad SMARTS) is 1. The number of alkyl halides is 1. The molecule has 1 aromatic carbocycles. The molecule has 2 nitrogen and oxygen atoms in total. The third-order valence-corrected chi connectivity index (χ3v) is 2.27. The zero-order valence-electron chi connectivity index (χ0n) is 8.20. The maximum absolute atomic E-state index is 12.8. The van der Waals surface area contributed by atoms with Crippen molar-refractivity contribution < 1.29 is 14.3 Å². The van der Waals surface area contributed by atoms with Crippen LogP contribution in [0.15, 0.2) is 24.3 Å². The van der Waals surface area contributed by atoms with Gasteiger partial charge >= 0.3 is 5.97 Å². The number of carbonyl (C=O) groups is 1. The second kappa shape index (κ2) is 4.22. The Bertz CT molecular complexity index is 317. The normalized spacial score (nSPS) is 14.8. The molecule has 0 radical (unpaired) electrons. The zero-order valence-corrected chi connectivity index (χ0v) is 8.20. The van der Waals surface area contributed by atoms with E-state index in [-0.39, 0.29) is 0 Å². The molecule has 2 unspecified atom stereocenters. The van der Waals surface area contributed by atoms with Gasteiger partial charge in [0.2, 0.25) is 0 Å². The molecule has 1 N–H and O–H groups in total. The summed E-state index contributed by atoms with van der Waals surface area (Å²) in [6, 6.07) is 6.56. The molecule has 0 amide bonds. The van der Waals surface area contributed by atoms with Crippen molar-refractivity contribution in [3.63, 3.8) is 0 Å². The molecular weight excluding hydrogens is 183 g/mol. The summed E-state index contributed by atoms with van der Waals surface area (Å²) >= 11 is 0. The second-order valence-corrected chi connectivity index (χ2v) is 3.34. The lowest BCUT2D eigenvalue weighted by Gasteiger charge is -2.08. The fourth-order valence-electron chi connectivity index (χ4n) is 1.19. The van der Waals surface area contributed by atoms with Crippen LogP contribution in [0.5, 0.6) is 0 Å². The maximum Gasteiger partial charge on any atom is 0.310 e. The van der Waals surface area contributed by atoms with E-state index >= 15 is 0 Å². The summed E-state index contributed by atoms with van der Waals surface area (Å²) in [6.07, 6.45) is -1.01. The van der Waals surface area contributed by atoms with E-state index in [9.17, 15) is 9.18 Å². The van der Waals surface area contributed by atoms with Crippen molar-refractivity contribution in [2.45, 2.75) is 25.9 Å². The van der Waals surface area contributed by atoms with Crippen LogP contribution in [-0.4, -0.2) is 11.1 Å². The smallest absolute Gasteiger partial charge is 0.310 e. The minimum Gasteiger partial charge on any atom is -0.481 e. The molecule has 0 aliphatic carbocycles. The quantitative estimate of drug-likeness (QED) is 0.807. The summed E-state index contributed by atoms with van der Waals surface area (Å²) in [4.78, 5) is 10.6. The fourth-order valence-corrected chi connectivity index (χ4v) is 1.19. The highest BCUT2D eigenvalue weighted by atomic mass is 19.1. The van der Waals surface area contributed by atoms with Crippen molar-refractivity contribution in [2.75, 3.05) is 0 Å². The van der Waals surface area contributed by atoms with Crippen molar-refractivity contribution >= 4 is 5.97 Å². The van der Waals surface area contributed by atoms with Crippen LogP contribution in [0.1, 0.15) is 37.1 Å². The maximum atomic E-state index is 12.8. The summed E-state index contributed by atoms with van der Waals surface area (Å²) in [5.41, 5.74) is 1.27. The van der Waals surface area contributed by atoms with Gasteiger partial charge in [-0.2, -0.15) is 0 Å². The topological polar surface area (TPSA) is 37.3 Å². The number of hydrogen-bond acceptors (Lipinski definition) is 1. The third kappa shape index (κ3) is 2.31. The summed E-state index contributed by atoms with van der Waals surface area (Å²) < 4.78 is 12.8. The molecule has 1 rings (SSSR count). The van der Waals surface area contributed by atoms with Crippen LogP contribution in [0, 0.1) is 0 Å². The van der Waals surface area contributed by atoms with Gasteiger partial charge in [-0.05, 0) is 25.0 Å². The Morgan fingerprint density at radius 3 is 2.00 bits per heavy atom. The van der Waals surface area contributed by atoms with Gasteiger partial charge in [0.25, 0.3) is 0 Å². The van der Waals surface area contributed by atoms with Crippen molar-refractivity contribution in [1.82, 2.24) is 0 Å². The predicted octanol–water partition coefficient (Wildman–Crippen LogP) is 2.91. The first kappa shape index (κ1) is 10.7. The molecule has 0 saturated carbocycles. The van der Waals surface area contributed by atoms with E-state index in [1.807, 2.05) is 0 Å². The molecule has 3 heteroatoms. The van der Waals surface area contributed by atoms with Gasteiger partial charge in [-0.25, -0.2) is 4.39 Å². The molecule has 0 heterocycles. The number of halogens is 1. The molecule has 0 fully saturated rings. The summed E-state index contributed by atoms with van der Waals surface area (Å²) in [5, 5.41) is 8.74. The van der Waals surface area contributed by atoms with Gasteiger partial charge in [0.05, 0.1) is 5.92 Å². The van der Waals surface area contributed by atoms with E-state index in [0.29, 0.717) is 11.1 Å². The Kier molecular flexibility index (Phi) is 3.23. The van der Waals surface area contributed by atoms with Crippen LogP contribution < -0.4 is 0 Å². The highest BCUT2D eigenvalue weighted by Crippen LogP contribution is 2.20. The average molecular weight is 196 g/mol. The van der Waals surface area contributed by atoms with Gasteiger partial charge in [-0.3, -0.25) is 4.79 Å². The molecule has 14 heavy (non-hydrogen) atoms. The molecule has 1 aromatic rings. The van der Waals surface area contributed by atoms with Gasteiger partial charge in [0, 0.05) is 0 Å². The number of rotatable bonds is 3. The third-order valence-electron chi connectivity index (χ3n) is 2.27. The van der Waals surface area contributed by atoms with E-state index in [4.69, 9.17) is 5.11 Å². The minimum atomic E-state index is -1.01.